The van der Waals surface area contributed by atoms with Crippen molar-refractivity contribution < 1.29 is 4.79 Å². The molecular weight excluding hydrogens is 338 g/mol. The van der Waals surface area contributed by atoms with Gasteiger partial charge < -0.3 is 5.32 Å². The van der Waals surface area contributed by atoms with E-state index < -0.39 is 0 Å². The molecule has 0 aliphatic rings. The maximum absolute atomic E-state index is 12.1. The molecule has 0 aliphatic carbocycles. The van der Waals surface area contributed by atoms with Crippen molar-refractivity contribution in [2.45, 2.75) is 19.9 Å². The Bertz CT molecular complexity index is 817. The van der Waals surface area contributed by atoms with E-state index in [1.807, 2.05) is 52.9 Å². The fourth-order valence-electron chi connectivity index (χ4n) is 2.55. The molecule has 1 atom stereocenters. The quantitative estimate of drug-likeness (QED) is 0.677. The first kappa shape index (κ1) is 16.7. The highest BCUT2D eigenvalue weighted by molar-refractivity contribution is 7.10. The number of thiophene rings is 2. The number of hydrogen-bond donors (Lipinski definition) is 1. The predicted octanol–water partition coefficient (Wildman–Crippen LogP) is 4.04. The molecule has 0 radical (unpaired) electrons. The minimum Gasteiger partial charge on any atom is -0.350 e. The molecule has 24 heavy (non-hydrogen) atoms. The zero-order valence-corrected chi connectivity index (χ0v) is 15.2. The summed E-state index contributed by atoms with van der Waals surface area (Å²) in [5, 5.41) is 13.6. The fourth-order valence-corrected chi connectivity index (χ4v) is 3.99. The zero-order valence-electron chi connectivity index (χ0n) is 13.6. The first-order chi connectivity index (χ1) is 11.6. The van der Waals surface area contributed by atoms with Crippen LogP contribution in [0, 0.1) is 13.8 Å². The molecule has 0 saturated heterocycles. The number of aryl methyl sites for hydroxylation is 2. The van der Waals surface area contributed by atoms with Crippen LogP contribution in [0.2, 0.25) is 0 Å². The van der Waals surface area contributed by atoms with E-state index in [2.05, 4.69) is 22.5 Å². The first-order valence-electron chi connectivity index (χ1n) is 7.68. The van der Waals surface area contributed by atoms with E-state index in [4.69, 9.17) is 0 Å². The van der Waals surface area contributed by atoms with Gasteiger partial charge in [0.15, 0.2) is 0 Å². The minimum absolute atomic E-state index is 0.0113. The number of hydrogen-bond acceptors (Lipinski definition) is 4. The molecule has 0 saturated carbocycles. The molecule has 0 aliphatic heterocycles. The molecule has 0 fully saturated rings. The van der Waals surface area contributed by atoms with E-state index in [0.717, 1.165) is 17.0 Å². The third kappa shape index (κ3) is 4.01. The van der Waals surface area contributed by atoms with Gasteiger partial charge >= 0.3 is 0 Å². The number of nitrogens with one attached hydrogen (secondary N) is 1. The second-order valence-corrected chi connectivity index (χ2v) is 7.30. The molecule has 3 aromatic rings. The normalized spacial score (nSPS) is 12.6. The summed E-state index contributed by atoms with van der Waals surface area (Å²) in [6.07, 6.45) is 3.41. The van der Waals surface area contributed by atoms with Crippen LogP contribution in [0.25, 0.3) is 6.08 Å². The molecular formula is C18H19N3OS2. The van der Waals surface area contributed by atoms with E-state index in [-0.39, 0.29) is 11.9 Å². The molecule has 6 heteroatoms. The Morgan fingerprint density at radius 2 is 2.25 bits per heavy atom. The molecule has 1 N–H and O–H groups in total. The van der Waals surface area contributed by atoms with Crippen LogP contribution in [0.3, 0.4) is 0 Å². The van der Waals surface area contributed by atoms with Crippen LogP contribution in [0.5, 0.6) is 0 Å². The third-order valence-corrected chi connectivity index (χ3v) is 5.33. The Balaban J connectivity index is 1.71. The predicted molar refractivity (Wildman–Crippen MR) is 101 cm³/mol. The number of aromatic nitrogens is 2. The van der Waals surface area contributed by atoms with Crippen molar-refractivity contribution >= 4 is 34.7 Å². The van der Waals surface area contributed by atoms with E-state index in [9.17, 15) is 4.79 Å². The lowest BCUT2D eigenvalue weighted by Crippen LogP contribution is -2.30. The third-order valence-electron chi connectivity index (χ3n) is 3.65. The van der Waals surface area contributed by atoms with Gasteiger partial charge in [-0.15, -0.1) is 11.3 Å². The number of rotatable bonds is 6. The lowest BCUT2D eigenvalue weighted by Gasteiger charge is -2.18. The Morgan fingerprint density at radius 3 is 2.88 bits per heavy atom. The Kier molecular flexibility index (Phi) is 5.27. The second-order valence-electron chi connectivity index (χ2n) is 5.54. The summed E-state index contributed by atoms with van der Waals surface area (Å²) in [6.45, 7) is 4.53. The van der Waals surface area contributed by atoms with Gasteiger partial charge in [-0.2, -0.15) is 16.4 Å². The van der Waals surface area contributed by atoms with Gasteiger partial charge in [-0.25, -0.2) is 0 Å². The van der Waals surface area contributed by atoms with Crippen LogP contribution < -0.4 is 5.32 Å². The molecule has 3 heterocycles. The van der Waals surface area contributed by atoms with E-state index in [1.165, 1.54) is 4.88 Å². The van der Waals surface area contributed by atoms with Crippen molar-refractivity contribution in [3.63, 3.8) is 0 Å². The summed E-state index contributed by atoms with van der Waals surface area (Å²) >= 11 is 3.29. The SMILES string of the molecule is Cc1cc(C)n([C@H](CNC(=O)/C=C/c2ccsc2)c2cccs2)n1. The van der Waals surface area contributed by atoms with Crippen LogP contribution in [0.1, 0.15) is 27.9 Å². The van der Waals surface area contributed by atoms with Gasteiger partial charge in [0.2, 0.25) is 5.91 Å². The highest BCUT2D eigenvalue weighted by atomic mass is 32.1. The Morgan fingerprint density at radius 1 is 1.38 bits per heavy atom. The van der Waals surface area contributed by atoms with Crippen LogP contribution in [0.15, 0.2) is 46.5 Å². The highest BCUT2D eigenvalue weighted by Crippen LogP contribution is 2.24. The van der Waals surface area contributed by atoms with Crippen molar-refractivity contribution in [1.82, 2.24) is 15.1 Å². The van der Waals surface area contributed by atoms with E-state index >= 15 is 0 Å². The topological polar surface area (TPSA) is 46.9 Å². The van der Waals surface area contributed by atoms with Crippen LogP contribution >= 0.6 is 22.7 Å². The van der Waals surface area contributed by atoms with Gasteiger partial charge in [0.05, 0.1) is 5.69 Å². The maximum atomic E-state index is 12.1. The van der Waals surface area contributed by atoms with Crippen molar-refractivity contribution in [3.05, 3.63) is 68.3 Å². The summed E-state index contributed by atoms with van der Waals surface area (Å²) < 4.78 is 1.99. The average molecular weight is 358 g/mol. The first-order valence-corrected chi connectivity index (χ1v) is 9.50. The van der Waals surface area contributed by atoms with Crippen molar-refractivity contribution in [3.8, 4) is 0 Å². The van der Waals surface area contributed by atoms with Gasteiger partial charge in [-0.05, 0) is 59.8 Å². The van der Waals surface area contributed by atoms with Crippen molar-refractivity contribution in [2.24, 2.45) is 0 Å². The van der Waals surface area contributed by atoms with Gasteiger partial charge in [-0.3, -0.25) is 9.48 Å². The van der Waals surface area contributed by atoms with Gasteiger partial charge in [-0.1, -0.05) is 6.07 Å². The molecule has 3 aromatic heterocycles. The Labute approximate surface area is 149 Å². The lowest BCUT2D eigenvalue weighted by molar-refractivity contribution is -0.116. The monoisotopic (exact) mass is 357 g/mol. The molecule has 124 valence electrons. The summed E-state index contributed by atoms with van der Waals surface area (Å²) in [5.74, 6) is -0.0933. The molecule has 0 unspecified atom stereocenters. The van der Waals surface area contributed by atoms with Crippen molar-refractivity contribution in [2.75, 3.05) is 6.54 Å². The average Bonchev–Trinajstić information content (AvgIpc) is 3.29. The molecule has 0 bridgehead atoms. The molecule has 3 rings (SSSR count). The minimum atomic E-state index is -0.0933. The molecule has 1 amide bonds. The molecule has 0 aromatic carbocycles. The standard InChI is InChI=1S/C18H19N3OS2/c1-13-10-14(2)21(20-13)16(17-4-3-8-24-17)11-19-18(22)6-5-15-7-9-23-12-15/h3-10,12,16H,11H2,1-2H3,(H,19,22)/b6-5+/t16-/m1/s1. The number of amides is 1. The fraction of sp³-hybridized carbons (Fsp3) is 0.222. The number of nitrogens with zero attached hydrogens (tertiary/aromatic N) is 2. The molecule has 4 nitrogen and oxygen atoms in total. The zero-order chi connectivity index (χ0) is 16.9. The largest absolute Gasteiger partial charge is 0.350 e. The summed E-state index contributed by atoms with van der Waals surface area (Å²) in [7, 11) is 0. The van der Waals surface area contributed by atoms with Gasteiger partial charge in [0.1, 0.15) is 6.04 Å². The number of carbonyl (C=O) groups excluding carboxylic acids is 1. The van der Waals surface area contributed by atoms with Crippen molar-refractivity contribution in [1.29, 1.82) is 0 Å². The summed E-state index contributed by atoms with van der Waals surface area (Å²) in [4.78, 5) is 13.3. The lowest BCUT2D eigenvalue weighted by atomic mass is 10.2. The highest BCUT2D eigenvalue weighted by Gasteiger charge is 2.18. The maximum Gasteiger partial charge on any atom is 0.244 e. The number of carbonyl (C=O) groups is 1. The van der Waals surface area contributed by atoms with E-state index in [1.54, 1.807) is 28.7 Å². The summed E-state index contributed by atoms with van der Waals surface area (Å²) in [5.41, 5.74) is 3.12. The van der Waals surface area contributed by atoms with Gasteiger partial charge in [0, 0.05) is 23.2 Å². The second kappa shape index (κ2) is 7.59. The van der Waals surface area contributed by atoms with Gasteiger partial charge in [0.25, 0.3) is 0 Å². The van der Waals surface area contributed by atoms with E-state index in [0.29, 0.717) is 6.54 Å². The van der Waals surface area contributed by atoms with Crippen LogP contribution in [-0.2, 0) is 4.79 Å². The van der Waals surface area contributed by atoms with Crippen LogP contribution in [-0.4, -0.2) is 22.2 Å². The smallest absolute Gasteiger partial charge is 0.244 e. The Hall–Kier alpha value is -2.18. The van der Waals surface area contributed by atoms with Crippen LogP contribution in [0.4, 0.5) is 0 Å². The summed E-state index contributed by atoms with van der Waals surface area (Å²) in [6, 6.07) is 8.16. The molecule has 0 spiro atoms.